The molecule has 3 nitrogen and oxygen atoms in total. The van der Waals surface area contributed by atoms with Crippen molar-refractivity contribution >= 4 is 34.5 Å². The van der Waals surface area contributed by atoms with Crippen molar-refractivity contribution in [3.8, 4) is 5.75 Å². The van der Waals surface area contributed by atoms with Crippen LogP contribution in [0.15, 0.2) is 42.2 Å². The number of pyridine rings is 1. The zero-order valence-electron chi connectivity index (χ0n) is 11.6. The quantitative estimate of drug-likeness (QED) is 0.576. The number of benzene rings is 1. The Morgan fingerprint density at radius 1 is 1.29 bits per heavy atom. The highest BCUT2D eigenvalue weighted by atomic mass is 127. The van der Waals surface area contributed by atoms with Crippen molar-refractivity contribution in [3.63, 3.8) is 0 Å². The van der Waals surface area contributed by atoms with E-state index in [0.29, 0.717) is 0 Å². The zero-order chi connectivity index (χ0) is 14.8. The molecule has 0 saturated heterocycles. The van der Waals surface area contributed by atoms with Crippen LogP contribution in [0.2, 0.25) is 0 Å². The number of fused-ring (bicyclic) bond motifs is 1. The average Bonchev–Trinajstić information content (AvgIpc) is 2.51. The Balaban J connectivity index is 1.98. The summed E-state index contributed by atoms with van der Waals surface area (Å²) in [6.07, 6.45) is 7.17. The van der Waals surface area contributed by atoms with Gasteiger partial charge in [0.15, 0.2) is 5.78 Å². The van der Waals surface area contributed by atoms with E-state index in [1.165, 1.54) is 0 Å². The molecular weight excluding hydrogens is 377 g/mol. The molecular formula is C17H14INO2. The molecule has 0 unspecified atom stereocenters. The van der Waals surface area contributed by atoms with Crippen LogP contribution in [0.4, 0.5) is 0 Å². The molecule has 0 amide bonds. The number of ether oxygens (including phenoxy) is 1. The van der Waals surface area contributed by atoms with Gasteiger partial charge in [0.25, 0.3) is 0 Å². The van der Waals surface area contributed by atoms with Gasteiger partial charge in [0, 0.05) is 27.1 Å². The van der Waals surface area contributed by atoms with Crippen molar-refractivity contribution in [3.05, 3.63) is 62.5 Å². The Bertz CT molecular complexity index is 737. The molecule has 1 heterocycles. The lowest BCUT2D eigenvalue weighted by molar-refractivity contribution is 0.102. The summed E-state index contributed by atoms with van der Waals surface area (Å²) in [7, 11) is 1.64. The van der Waals surface area contributed by atoms with Crippen LogP contribution in [0, 0.1) is 3.57 Å². The largest absolute Gasteiger partial charge is 0.497 e. The minimum Gasteiger partial charge on any atom is -0.497 e. The molecule has 0 bridgehead atoms. The third kappa shape index (κ3) is 2.85. The minimum absolute atomic E-state index is 0.117. The molecule has 1 aliphatic carbocycles. The minimum atomic E-state index is 0.117. The molecule has 21 heavy (non-hydrogen) atoms. The maximum absolute atomic E-state index is 12.6. The summed E-state index contributed by atoms with van der Waals surface area (Å²) in [5, 5.41) is 0. The van der Waals surface area contributed by atoms with Gasteiger partial charge in [-0.15, -0.1) is 0 Å². The first kappa shape index (κ1) is 14.3. The lowest BCUT2D eigenvalue weighted by atomic mass is 9.86. The Morgan fingerprint density at radius 2 is 2.14 bits per heavy atom. The predicted octanol–water partition coefficient (Wildman–Crippen LogP) is 3.91. The number of halogens is 1. The van der Waals surface area contributed by atoms with Crippen LogP contribution >= 0.6 is 22.6 Å². The number of allylic oxidation sites excluding steroid dienone is 1. The van der Waals surface area contributed by atoms with Crippen LogP contribution in [0.25, 0.3) is 6.08 Å². The van der Waals surface area contributed by atoms with Crippen molar-refractivity contribution in [2.75, 3.05) is 7.11 Å². The third-order valence-corrected chi connectivity index (χ3v) is 4.55. The molecule has 0 spiro atoms. The standard InChI is InChI=1S/C17H14INO2/c1-21-14-4-5-15-11(9-14)2-3-13(17(15)20)8-12-6-7-19-10-16(12)18/h4-10H,2-3H2,1H3. The van der Waals surface area contributed by atoms with Crippen molar-refractivity contribution in [2.45, 2.75) is 12.8 Å². The lowest BCUT2D eigenvalue weighted by Crippen LogP contribution is -2.14. The maximum Gasteiger partial charge on any atom is 0.189 e. The fraction of sp³-hybridized carbons (Fsp3) is 0.176. The van der Waals surface area contributed by atoms with E-state index < -0.39 is 0 Å². The van der Waals surface area contributed by atoms with Crippen molar-refractivity contribution in [1.29, 1.82) is 0 Å². The number of hydrogen-bond acceptors (Lipinski definition) is 3. The topological polar surface area (TPSA) is 39.2 Å². The smallest absolute Gasteiger partial charge is 0.189 e. The number of carbonyl (C=O) groups excluding carboxylic acids is 1. The Labute approximate surface area is 137 Å². The van der Waals surface area contributed by atoms with E-state index in [9.17, 15) is 4.79 Å². The first-order valence-electron chi connectivity index (χ1n) is 6.71. The second kappa shape index (κ2) is 5.97. The fourth-order valence-corrected chi connectivity index (χ4v) is 3.01. The zero-order valence-corrected chi connectivity index (χ0v) is 13.8. The maximum atomic E-state index is 12.6. The summed E-state index contributed by atoms with van der Waals surface area (Å²) in [6.45, 7) is 0. The molecule has 2 aromatic rings. The van der Waals surface area contributed by atoms with Gasteiger partial charge in [-0.3, -0.25) is 9.78 Å². The summed E-state index contributed by atoms with van der Waals surface area (Å²) in [6, 6.07) is 7.60. The van der Waals surface area contributed by atoms with Crippen LogP contribution < -0.4 is 4.74 Å². The number of aryl methyl sites for hydroxylation is 1. The predicted molar refractivity (Wildman–Crippen MR) is 90.6 cm³/mol. The van der Waals surface area contributed by atoms with Crippen LogP contribution in [0.3, 0.4) is 0 Å². The van der Waals surface area contributed by atoms with E-state index in [1.54, 1.807) is 19.5 Å². The molecule has 1 aromatic carbocycles. The summed E-state index contributed by atoms with van der Waals surface area (Å²) in [4.78, 5) is 16.7. The van der Waals surface area contributed by atoms with Gasteiger partial charge in [0.2, 0.25) is 0 Å². The number of methoxy groups -OCH3 is 1. The molecule has 0 radical (unpaired) electrons. The van der Waals surface area contributed by atoms with E-state index in [1.807, 2.05) is 30.3 Å². The van der Waals surface area contributed by atoms with Gasteiger partial charge in [-0.2, -0.15) is 0 Å². The number of hydrogen-bond donors (Lipinski definition) is 0. The number of rotatable bonds is 2. The van der Waals surface area contributed by atoms with E-state index >= 15 is 0 Å². The van der Waals surface area contributed by atoms with Gasteiger partial charge in [-0.25, -0.2) is 0 Å². The number of nitrogens with zero attached hydrogens (tertiary/aromatic N) is 1. The van der Waals surface area contributed by atoms with Gasteiger partial charge < -0.3 is 4.74 Å². The van der Waals surface area contributed by atoms with Crippen LogP contribution in [0.5, 0.6) is 5.75 Å². The molecule has 0 atom stereocenters. The van der Waals surface area contributed by atoms with Crippen molar-refractivity contribution in [1.82, 2.24) is 4.98 Å². The van der Waals surface area contributed by atoms with Crippen LogP contribution in [-0.4, -0.2) is 17.9 Å². The first-order valence-corrected chi connectivity index (χ1v) is 7.78. The lowest BCUT2D eigenvalue weighted by Gasteiger charge is -2.18. The Hall–Kier alpha value is -1.69. The summed E-state index contributed by atoms with van der Waals surface area (Å²) >= 11 is 2.24. The number of ketones is 1. The number of aromatic nitrogens is 1. The Kier molecular flexibility index (Phi) is 4.05. The second-order valence-electron chi connectivity index (χ2n) is 4.92. The normalized spacial score (nSPS) is 15.9. The molecule has 0 N–H and O–H groups in total. The molecule has 0 fully saturated rings. The third-order valence-electron chi connectivity index (χ3n) is 3.65. The highest BCUT2D eigenvalue weighted by molar-refractivity contribution is 14.1. The Morgan fingerprint density at radius 3 is 2.90 bits per heavy atom. The summed E-state index contributed by atoms with van der Waals surface area (Å²) in [5.41, 5.74) is 3.76. The molecule has 3 rings (SSSR count). The highest BCUT2D eigenvalue weighted by Gasteiger charge is 2.22. The monoisotopic (exact) mass is 391 g/mol. The number of Topliss-reactive ketones (excluding diaryl/α,β-unsaturated/α-hetero) is 1. The molecule has 106 valence electrons. The molecule has 0 aliphatic heterocycles. The van der Waals surface area contributed by atoms with Gasteiger partial charge in [-0.1, -0.05) is 0 Å². The van der Waals surface area contributed by atoms with Gasteiger partial charge in [0.05, 0.1) is 7.11 Å². The van der Waals surface area contributed by atoms with Gasteiger partial charge in [-0.05, 0) is 76.9 Å². The van der Waals surface area contributed by atoms with Crippen LogP contribution in [-0.2, 0) is 6.42 Å². The molecule has 1 aliphatic rings. The van der Waals surface area contributed by atoms with E-state index in [0.717, 1.165) is 44.4 Å². The SMILES string of the molecule is COc1ccc2c(c1)CCC(=Cc1ccncc1I)C2=O. The van der Waals surface area contributed by atoms with Gasteiger partial charge in [0.1, 0.15) is 5.75 Å². The van der Waals surface area contributed by atoms with E-state index in [2.05, 4.69) is 27.6 Å². The second-order valence-corrected chi connectivity index (χ2v) is 6.08. The van der Waals surface area contributed by atoms with Crippen LogP contribution in [0.1, 0.15) is 27.9 Å². The molecule has 1 aromatic heterocycles. The number of carbonyl (C=O) groups is 1. The average molecular weight is 391 g/mol. The highest BCUT2D eigenvalue weighted by Crippen LogP contribution is 2.29. The molecule has 0 saturated carbocycles. The van der Waals surface area contributed by atoms with Gasteiger partial charge >= 0.3 is 0 Å². The summed E-state index contributed by atoms with van der Waals surface area (Å²) in [5.74, 6) is 0.921. The van der Waals surface area contributed by atoms with Crippen molar-refractivity contribution < 1.29 is 9.53 Å². The summed E-state index contributed by atoms with van der Waals surface area (Å²) < 4.78 is 6.27. The first-order chi connectivity index (χ1) is 10.2. The van der Waals surface area contributed by atoms with E-state index in [-0.39, 0.29) is 5.78 Å². The van der Waals surface area contributed by atoms with E-state index in [4.69, 9.17) is 4.74 Å². The van der Waals surface area contributed by atoms with Crippen molar-refractivity contribution in [2.24, 2.45) is 0 Å². The molecule has 4 heteroatoms. The fourth-order valence-electron chi connectivity index (χ4n) is 2.51.